The quantitative estimate of drug-likeness (QED) is 0.0102. The molecule has 52 heteroatoms. The molecule has 11 heterocycles. The van der Waals surface area contributed by atoms with Crippen LogP contribution < -0.4 is 56.3 Å². The van der Waals surface area contributed by atoms with Gasteiger partial charge in [-0.1, -0.05) is 13.8 Å². The first-order valence-corrected chi connectivity index (χ1v) is 41.6. The van der Waals surface area contributed by atoms with Gasteiger partial charge in [-0.3, -0.25) is 65.7 Å². The van der Waals surface area contributed by atoms with Gasteiger partial charge in [0.1, 0.15) is 60.3 Å². The molecule has 0 bridgehead atoms. The number of hydrogen-bond acceptors (Lipinski definition) is 31. The van der Waals surface area contributed by atoms with E-state index in [0.29, 0.717) is 17.6 Å². The van der Waals surface area contributed by atoms with Gasteiger partial charge in [0.05, 0.1) is 96.4 Å². The van der Waals surface area contributed by atoms with Crippen molar-refractivity contribution in [1.82, 2.24) is 116 Å². The second-order valence-electron chi connectivity index (χ2n) is 27.9. The lowest BCUT2D eigenvalue weighted by atomic mass is 10.1. The van der Waals surface area contributed by atoms with E-state index in [1.165, 1.54) is 112 Å². The van der Waals surface area contributed by atoms with Crippen LogP contribution in [0.5, 0.6) is 0 Å². The van der Waals surface area contributed by atoms with Crippen molar-refractivity contribution in [3.63, 3.8) is 0 Å². The maximum Gasteiger partial charge on any atom is 0.351 e. The first-order chi connectivity index (χ1) is 53.0. The van der Waals surface area contributed by atoms with Crippen molar-refractivity contribution in [2.45, 2.75) is 94.6 Å². The van der Waals surface area contributed by atoms with Gasteiger partial charge in [0.15, 0.2) is 46.3 Å². The summed E-state index contributed by atoms with van der Waals surface area (Å²) in [6.45, 7) is 1.18. The van der Waals surface area contributed by atoms with E-state index < -0.39 is 147 Å². The molecule has 11 rings (SSSR count). The average molecular weight is 1650 g/mol. The lowest BCUT2D eigenvalue weighted by Gasteiger charge is -2.46. The van der Waals surface area contributed by atoms with Crippen LogP contribution in [0.2, 0.25) is 0 Å². The number of aliphatic imine (C=N–C) groups is 1. The van der Waals surface area contributed by atoms with Crippen molar-refractivity contribution in [1.29, 1.82) is 0 Å². The number of aromatic nitrogens is 14. The molecule has 4 aliphatic heterocycles. The molecule has 15 N–H and O–H groups in total. The Hall–Kier alpha value is -8.47. The fourth-order valence-corrected chi connectivity index (χ4v) is 21.0. The zero-order chi connectivity index (χ0) is 81.1. The highest BCUT2D eigenvalue weighted by molar-refractivity contribution is 7.57. The van der Waals surface area contributed by atoms with Crippen LogP contribution in [0.3, 0.4) is 0 Å². The van der Waals surface area contributed by atoms with Crippen molar-refractivity contribution in [3.05, 3.63) is 64.7 Å². The minimum absolute atomic E-state index is 0.0192. The van der Waals surface area contributed by atoms with Gasteiger partial charge in [0, 0.05) is 51.5 Å². The number of ether oxygens (including phenoxy) is 4. The van der Waals surface area contributed by atoms with Crippen molar-refractivity contribution < 1.29 is 69.7 Å². The molecule has 0 aliphatic carbocycles. The molecule has 13 atom stereocenters. The number of guanidine groups is 1. The van der Waals surface area contributed by atoms with Crippen molar-refractivity contribution in [3.8, 4) is 0 Å². The number of imidazole rings is 3. The standard InChI is InChI=1S/C60H97N31O17P4/c1-35(2)109(97,80(4)5)101-26-38-19-85(23-45(106-38)89-32-73-48-51(62)69-30-71-53(48)89)111(99,82(8)9)103-28-39-20-86(24-46(107-39)90-33-74-49-52(63)70-31-72-54(49)90)112(100,83(10)11)104-29-40-21-87(25-47(108-40)91-34-75-50-55(91)78-59(66)79-57(50)95)110(98,81(6)7)102-27-37-18-84(22-44(105-37)88-16-14-42(61)77-60(88)96)43(93)17-68-56(94)41(76-36(3)92)13-12-15-67-58(64)65/h14,16,30-35,37-41,44-47H,12-13,15,17-29H2,1-11H3,(H,68,94)(H,76,92)(H2,61,77,96)(H2,62,69,71)(H2,63,70,72)(H4,64,65,67)(H3,66,78,79,95). The molecule has 3 amide bonds. The zero-order valence-corrected chi connectivity index (χ0v) is 67.2. The van der Waals surface area contributed by atoms with E-state index in [4.69, 9.17) is 71.4 Å². The summed E-state index contributed by atoms with van der Waals surface area (Å²) >= 11 is 0. The smallest absolute Gasteiger partial charge is 0.351 e. The highest BCUT2D eigenvalue weighted by Gasteiger charge is 2.50. The number of H-pyrrole nitrogens is 1. The number of nitrogens with one attached hydrogen (secondary N) is 3. The third kappa shape index (κ3) is 18.5. The zero-order valence-electron chi connectivity index (χ0n) is 63.7. The molecule has 7 aromatic rings. The number of aromatic amines is 1. The number of nitrogens with two attached hydrogens (primary N) is 6. The second kappa shape index (κ2) is 35.1. The predicted molar refractivity (Wildman–Crippen MR) is 407 cm³/mol. The van der Waals surface area contributed by atoms with Gasteiger partial charge in [0.2, 0.25) is 23.7 Å². The van der Waals surface area contributed by atoms with Gasteiger partial charge < -0.3 is 87.0 Å². The third-order valence-electron chi connectivity index (χ3n) is 18.8. The number of anilines is 4. The first-order valence-electron chi connectivity index (χ1n) is 35.4. The molecule has 0 saturated carbocycles. The van der Waals surface area contributed by atoms with E-state index in [2.05, 4.69) is 65.5 Å². The maximum absolute atomic E-state index is 16.4. The SMILES string of the molecule is CC(=O)NC(CCCN=C(N)N)C(=O)NCC(=O)N1CC(COP(=O)(N(C)C)N2CC(COP(=O)(N(C)C)N3CC(COP(=O)(N(C)C)N4CC(COP(=O)(C(C)C)N(C)C)OC(n5cnc6c(N)ncnc65)C4)OC(n4cnc5c(N)ncnc54)C3)OC(n3cnc4c(=O)[nH]c(N)nc43)C2)OC(n2ccc(N)nc2=O)C1. The summed E-state index contributed by atoms with van der Waals surface area (Å²) in [5.74, 6) is -2.15. The molecule has 13 unspecified atom stereocenters. The lowest BCUT2D eigenvalue weighted by molar-refractivity contribution is -0.159. The Balaban J connectivity index is 0.872. The van der Waals surface area contributed by atoms with Crippen LogP contribution in [0.4, 0.5) is 23.4 Å². The minimum Gasteiger partial charge on any atom is -0.383 e. The average Bonchev–Trinajstić information content (AvgIpc) is 1.20. The summed E-state index contributed by atoms with van der Waals surface area (Å²) in [5, 5.41) is 5.16. The monoisotopic (exact) mass is 1650 g/mol. The molecule has 112 heavy (non-hydrogen) atoms. The van der Waals surface area contributed by atoms with Crippen molar-refractivity contribution in [2.75, 3.05) is 171 Å². The van der Waals surface area contributed by atoms with Gasteiger partial charge in [-0.2, -0.15) is 9.97 Å². The molecular weight excluding hydrogens is 1550 g/mol. The summed E-state index contributed by atoms with van der Waals surface area (Å²) in [6, 6.07) is 0.289. The molecule has 7 aromatic heterocycles. The fraction of sp³-hybridized carbons (Fsp3) is 0.617. The molecule has 0 spiro atoms. The van der Waals surface area contributed by atoms with Crippen molar-refractivity contribution >= 4 is 111 Å². The Morgan fingerprint density at radius 3 is 1.47 bits per heavy atom. The summed E-state index contributed by atoms with van der Waals surface area (Å²) in [7, 11) is -3.88. The lowest BCUT2D eigenvalue weighted by Crippen LogP contribution is -2.54. The Labute approximate surface area is 641 Å². The Bertz CT molecular complexity index is 4890. The maximum atomic E-state index is 16.4. The van der Waals surface area contributed by atoms with Crippen LogP contribution in [0, 0.1) is 0 Å². The topological polar surface area (TPSA) is 597 Å². The Morgan fingerprint density at radius 2 is 1.04 bits per heavy atom. The number of carbonyl (C=O) groups is 3. The highest BCUT2D eigenvalue weighted by atomic mass is 31.2. The number of morpholine rings is 4. The van der Waals surface area contributed by atoms with Crippen molar-refractivity contribution in [2.24, 2.45) is 16.5 Å². The predicted octanol–water partition coefficient (Wildman–Crippen LogP) is -1.38. The van der Waals surface area contributed by atoms with E-state index in [1.54, 1.807) is 60.5 Å². The number of carbonyl (C=O) groups excluding carboxylic acids is 3. The van der Waals surface area contributed by atoms with Gasteiger partial charge >= 0.3 is 28.7 Å². The molecule has 0 radical (unpaired) electrons. The largest absolute Gasteiger partial charge is 0.383 e. The van der Waals surface area contributed by atoms with E-state index in [-0.39, 0.29) is 124 Å². The number of fused-ring (bicyclic) bond motifs is 3. The van der Waals surface area contributed by atoms with Gasteiger partial charge in [-0.05, 0) is 75.3 Å². The van der Waals surface area contributed by atoms with E-state index in [1.807, 2.05) is 0 Å². The number of nitrogens with zero attached hydrogens (tertiary/aromatic N) is 22. The summed E-state index contributed by atoms with van der Waals surface area (Å²) in [5.41, 5.74) is 34.5. The van der Waals surface area contributed by atoms with Crippen LogP contribution in [0.15, 0.2) is 58.5 Å². The molecule has 4 fully saturated rings. The Morgan fingerprint density at radius 1 is 0.589 bits per heavy atom. The molecule has 614 valence electrons. The summed E-state index contributed by atoms with van der Waals surface area (Å²) in [4.78, 5) is 113. The third-order valence-corrected chi connectivity index (χ3v) is 29.3. The fourth-order valence-electron chi connectivity index (χ4n) is 13.2. The normalized spacial score (nSPS) is 23.7. The first kappa shape index (κ1) is 84.4. The van der Waals surface area contributed by atoms with Crippen LogP contribution in [0.1, 0.15) is 58.5 Å². The molecule has 4 aliphatic rings. The van der Waals surface area contributed by atoms with Crippen LogP contribution in [0.25, 0.3) is 33.5 Å². The summed E-state index contributed by atoms with van der Waals surface area (Å²) in [6.07, 6.45) is -0.353. The molecule has 48 nitrogen and oxygen atoms in total. The minimum atomic E-state index is -4.40. The second-order valence-corrected chi connectivity index (χ2v) is 38.9. The molecule has 4 saturated heterocycles. The van der Waals surface area contributed by atoms with Crippen LogP contribution in [-0.4, -0.2) is 314 Å². The van der Waals surface area contributed by atoms with Gasteiger partial charge in [-0.25, -0.2) is 72.4 Å². The number of hydrogen-bond donors (Lipinski definition) is 9. The van der Waals surface area contributed by atoms with Gasteiger partial charge in [0.25, 0.3) is 13.1 Å². The van der Waals surface area contributed by atoms with E-state index in [9.17, 15) is 28.5 Å². The van der Waals surface area contributed by atoms with Crippen LogP contribution >= 0.6 is 30.5 Å². The number of amides is 3. The van der Waals surface area contributed by atoms with Gasteiger partial charge in [-0.15, -0.1) is 0 Å². The highest BCUT2D eigenvalue weighted by Crippen LogP contribution is 2.59. The number of rotatable bonds is 32. The molecular formula is C60H97N31O17P4. The van der Waals surface area contributed by atoms with Crippen LogP contribution in [-0.2, 0) is 69.7 Å². The molecule has 0 aromatic carbocycles. The Kier molecular flexibility index (Phi) is 26.5. The summed E-state index contributed by atoms with van der Waals surface area (Å²) < 4.78 is 132. The van der Waals surface area contributed by atoms with E-state index >= 15 is 13.7 Å². The number of nitrogen functional groups attached to an aromatic ring is 4. The van der Waals surface area contributed by atoms with E-state index in [0.717, 1.165) is 4.57 Å².